The van der Waals surface area contributed by atoms with Crippen molar-refractivity contribution in [3.63, 3.8) is 0 Å². The van der Waals surface area contributed by atoms with E-state index in [2.05, 4.69) is 4.74 Å². The van der Waals surface area contributed by atoms with Crippen LogP contribution >= 0.6 is 0 Å². The number of benzene rings is 1. The van der Waals surface area contributed by atoms with Crippen LogP contribution in [0.2, 0.25) is 0 Å². The lowest BCUT2D eigenvalue weighted by molar-refractivity contribution is 0.0600. The molecule has 0 bridgehead atoms. The molecule has 0 aromatic heterocycles. The van der Waals surface area contributed by atoms with Crippen molar-refractivity contribution in [2.75, 3.05) is 20.2 Å². The van der Waals surface area contributed by atoms with E-state index >= 15 is 0 Å². The monoisotopic (exact) mass is 340 g/mol. The number of nitrogens with two attached hydrogens (primary N) is 1. The summed E-state index contributed by atoms with van der Waals surface area (Å²) in [5, 5.41) is 0. The normalized spacial score (nSPS) is 21.0. The molecule has 1 aliphatic rings. The zero-order valence-corrected chi connectivity index (χ0v) is 14.6. The van der Waals surface area contributed by atoms with E-state index in [4.69, 9.17) is 5.73 Å². The molecule has 0 amide bonds. The van der Waals surface area contributed by atoms with Crippen LogP contribution in [0.15, 0.2) is 23.1 Å². The Balaban J connectivity index is 2.37. The first kappa shape index (κ1) is 17.9. The van der Waals surface area contributed by atoms with E-state index in [9.17, 15) is 13.2 Å². The number of methoxy groups -OCH3 is 1. The van der Waals surface area contributed by atoms with E-state index < -0.39 is 16.0 Å². The fourth-order valence-electron chi connectivity index (χ4n) is 2.88. The average Bonchev–Trinajstić information content (AvgIpc) is 2.54. The fourth-order valence-corrected chi connectivity index (χ4v) is 4.67. The SMILES string of the molecule is COC(=O)c1ccc(C)c(S(=O)(=O)N2CCCC(C(C)N)C2)c1. The lowest BCUT2D eigenvalue weighted by Gasteiger charge is -2.34. The number of esters is 1. The van der Waals surface area contributed by atoms with Gasteiger partial charge in [-0.05, 0) is 50.3 Å². The highest BCUT2D eigenvalue weighted by atomic mass is 32.2. The van der Waals surface area contributed by atoms with Gasteiger partial charge in [-0.2, -0.15) is 4.31 Å². The molecule has 2 N–H and O–H groups in total. The van der Waals surface area contributed by atoms with Crippen molar-refractivity contribution in [2.24, 2.45) is 11.7 Å². The Morgan fingerprint density at radius 2 is 2.13 bits per heavy atom. The van der Waals surface area contributed by atoms with Gasteiger partial charge in [-0.1, -0.05) is 6.07 Å². The number of nitrogens with zero attached hydrogens (tertiary/aromatic N) is 1. The number of carbonyl (C=O) groups excluding carboxylic acids is 1. The maximum Gasteiger partial charge on any atom is 0.337 e. The molecule has 2 unspecified atom stereocenters. The van der Waals surface area contributed by atoms with Gasteiger partial charge < -0.3 is 10.5 Å². The maximum absolute atomic E-state index is 13.0. The first-order valence-corrected chi connectivity index (χ1v) is 9.16. The van der Waals surface area contributed by atoms with Gasteiger partial charge in [0.25, 0.3) is 0 Å². The second-order valence-corrected chi connectivity index (χ2v) is 8.00. The van der Waals surface area contributed by atoms with Crippen LogP contribution in [-0.2, 0) is 14.8 Å². The van der Waals surface area contributed by atoms with Gasteiger partial charge >= 0.3 is 5.97 Å². The predicted molar refractivity (Wildman–Crippen MR) is 87.7 cm³/mol. The molecular weight excluding hydrogens is 316 g/mol. The van der Waals surface area contributed by atoms with E-state index in [1.165, 1.54) is 17.5 Å². The highest BCUT2D eigenvalue weighted by molar-refractivity contribution is 7.89. The summed E-state index contributed by atoms with van der Waals surface area (Å²) in [6.45, 7) is 4.53. The lowest BCUT2D eigenvalue weighted by atomic mass is 9.93. The first-order chi connectivity index (χ1) is 10.8. The number of hydrogen-bond acceptors (Lipinski definition) is 5. The van der Waals surface area contributed by atoms with Gasteiger partial charge in [0.15, 0.2) is 0 Å². The third-order valence-corrected chi connectivity index (χ3v) is 6.40. The van der Waals surface area contributed by atoms with Crippen LogP contribution in [0.1, 0.15) is 35.7 Å². The molecule has 6 nitrogen and oxygen atoms in total. The van der Waals surface area contributed by atoms with Gasteiger partial charge in [-0.3, -0.25) is 0 Å². The zero-order chi connectivity index (χ0) is 17.2. The maximum atomic E-state index is 13.0. The Hall–Kier alpha value is -1.44. The summed E-state index contributed by atoms with van der Waals surface area (Å²) in [5.41, 5.74) is 6.79. The van der Waals surface area contributed by atoms with Crippen LogP contribution in [0.3, 0.4) is 0 Å². The summed E-state index contributed by atoms with van der Waals surface area (Å²) in [6.07, 6.45) is 1.73. The quantitative estimate of drug-likeness (QED) is 0.840. The van der Waals surface area contributed by atoms with Gasteiger partial charge in [-0.25, -0.2) is 13.2 Å². The van der Waals surface area contributed by atoms with Gasteiger partial charge in [-0.15, -0.1) is 0 Å². The van der Waals surface area contributed by atoms with Crippen LogP contribution in [0.5, 0.6) is 0 Å². The Kier molecular flexibility index (Phi) is 5.44. The molecule has 0 radical (unpaired) electrons. The smallest absolute Gasteiger partial charge is 0.337 e. The minimum atomic E-state index is -3.65. The minimum Gasteiger partial charge on any atom is -0.465 e. The molecule has 2 rings (SSSR count). The molecule has 0 spiro atoms. The van der Waals surface area contributed by atoms with Gasteiger partial charge in [0, 0.05) is 19.1 Å². The molecule has 1 fully saturated rings. The van der Waals surface area contributed by atoms with Gasteiger partial charge in [0.1, 0.15) is 0 Å². The van der Waals surface area contributed by atoms with Crippen molar-refractivity contribution < 1.29 is 17.9 Å². The van der Waals surface area contributed by atoms with Crippen molar-refractivity contribution in [1.82, 2.24) is 4.31 Å². The number of carbonyl (C=O) groups is 1. The van der Waals surface area contributed by atoms with Crippen molar-refractivity contribution in [3.8, 4) is 0 Å². The summed E-state index contributed by atoms with van der Waals surface area (Å²) >= 11 is 0. The highest BCUT2D eigenvalue weighted by Gasteiger charge is 2.32. The first-order valence-electron chi connectivity index (χ1n) is 7.72. The third-order valence-electron chi connectivity index (χ3n) is 4.39. The summed E-state index contributed by atoms with van der Waals surface area (Å²) in [7, 11) is -2.38. The Morgan fingerprint density at radius 3 is 2.74 bits per heavy atom. The van der Waals surface area contributed by atoms with Gasteiger partial charge in [0.05, 0.1) is 17.6 Å². The van der Waals surface area contributed by atoms with Crippen molar-refractivity contribution in [2.45, 2.75) is 37.6 Å². The van der Waals surface area contributed by atoms with E-state index in [-0.39, 0.29) is 22.4 Å². The molecular formula is C16H24N2O4S. The van der Waals surface area contributed by atoms with Crippen molar-refractivity contribution in [3.05, 3.63) is 29.3 Å². The third kappa shape index (κ3) is 3.73. The van der Waals surface area contributed by atoms with Crippen LogP contribution in [0, 0.1) is 12.8 Å². The van der Waals surface area contributed by atoms with Crippen molar-refractivity contribution >= 4 is 16.0 Å². The van der Waals surface area contributed by atoms with E-state index in [1.54, 1.807) is 19.1 Å². The van der Waals surface area contributed by atoms with Crippen LogP contribution in [-0.4, -0.2) is 44.9 Å². The summed E-state index contributed by atoms with van der Waals surface area (Å²) in [6, 6.07) is 4.55. The van der Waals surface area contributed by atoms with E-state index in [0.717, 1.165) is 12.8 Å². The molecule has 0 saturated carbocycles. The fraction of sp³-hybridized carbons (Fsp3) is 0.562. The Labute approximate surface area is 137 Å². The van der Waals surface area contributed by atoms with Crippen LogP contribution < -0.4 is 5.73 Å². The molecule has 1 aromatic rings. The molecule has 128 valence electrons. The van der Waals surface area contributed by atoms with Crippen LogP contribution in [0.4, 0.5) is 0 Å². The van der Waals surface area contributed by atoms with Crippen molar-refractivity contribution in [1.29, 1.82) is 0 Å². The number of ether oxygens (including phenoxy) is 1. The Bertz CT molecular complexity index is 685. The standard InChI is InChI=1S/C16H24N2O4S/c1-11-6-7-13(16(19)22-3)9-15(11)23(20,21)18-8-4-5-14(10-18)12(2)17/h6-7,9,12,14H,4-5,8,10,17H2,1-3H3. The van der Waals surface area contributed by atoms with Gasteiger partial charge in [0.2, 0.25) is 10.0 Å². The Morgan fingerprint density at radius 1 is 1.43 bits per heavy atom. The largest absolute Gasteiger partial charge is 0.465 e. The molecule has 1 heterocycles. The topological polar surface area (TPSA) is 89.7 Å². The number of hydrogen-bond donors (Lipinski definition) is 1. The highest BCUT2D eigenvalue weighted by Crippen LogP contribution is 2.27. The molecule has 1 aromatic carbocycles. The summed E-state index contributed by atoms with van der Waals surface area (Å²) in [4.78, 5) is 11.8. The van der Waals surface area contributed by atoms with E-state index in [0.29, 0.717) is 18.7 Å². The number of sulfonamides is 1. The molecule has 23 heavy (non-hydrogen) atoms. The molecule has 0 aliphatic carbocycles. The lowest BCUT2D eigenvalue weighted by Crippen LogP contribution is -2.45. The van der Waals surface area contributed by atoms with E-state index in [1.807, 2.05) is 6.92 Å². The molecule has 2 atom stereocenters. The summed E-state index contributed by atoms with van der Waals surface area (Å²) < 4.78 is 32.1. The number of piperidine rings is 1. The molecule has 1 saturated heterocycles. The van der Waals surface area contributed by atoms with Crippen LogP contribution in [0.25, 0.3) is 0 Å². The number of rotatable bonds is 4. The second-order valence-electron chi connectivity index (χ2n) is 6.10. The number of aryl methyl sites for hydroxylation is 1. The molecule has 1 aliphatic heterocycles. The molecule has 7 heteroatoms. The minimum absolute atomic E-state index is 0.0458. The zero-order valence-electron chi connectivity index (χ0n) is 13.8. The summed E-state index contributed by atoms with van der Waals surface area (Å²) in [5.74, 6) is -0.392. The second kappa shape index (κ2) is 6.98. The average molecular weight is 340 g/mol. The predicted octanol–water partition coefficient (Wildman–Crippen LogP) is 1.53.